The van der Waals surface area contributed by atoms with Crippen molar-refractivity contribution in [2.45, 2.75) is 12.5 Å². The van der Waals surface area contributed by atoms with Crippen LogP contribution >= 0.6 is 0 Å². The summed E-state index contributed by atoms with van der Waals surface area (Å²) in [5, 5.41) is 8.76. The van der Waals surface area contributed by atoms with Gasteiger partial charge in [0, 0.05) is 6.61 Å². The van der Waals surface area contributed by atoms with Gasteiger partial charge in [0.25, 0.3) is 0 Å². The molecule has 1 heterocycles. The van der Waals surface area contributed by atoms with Crippen molar-refractivity contribution in [3.63, 3.8) is 0 Å². The fourth-order valence-corrected chi connectivity index (χ4v) is 1.55. The van der Waals surface area contributed by atoms with Gasteiger partial charge in [0.1, 0.15) is 12.9 Å². The van der Waals surface area contributed by atoms with Crippen molar-refractivity contribution in [3.8, 4) is 0 Å². The second-order valence-electron chi connectivity index (χ2n) is 3.36. The smallest absolute Gasteiger partial charge is 0.147 e. The Morgan fingerprint density at radius 1 is 1.29 bits per heavy atom. The summed E-state index contributed by atoms with van der Waals surface area (Å²) in [6.07, 6.45) is 0.792. The summed E-state index contributed by atoms with van der Waals surface area (Å²) in [7, 11) is 0. The standard InChI is InChI=1S/C11H14O3/c12-6-5-9-1-3-10(4-2-9)11-7-13-8-14-11/h1-4,11-12H,5-8H2. The Morgan fingerprint density at radius 2 is 2.07 bits per heavy atom. The third-order valence-corrected chi connectivity index (χ3v) is 2.37. The number of hydrogen-bond acceptors (Lipinski definition) is 3. The molecule has 1 aliphatic rings. The van der Waals surface area contributed by atoms with Gasteiger partial charge in [-0.25, -0.2) is 0 Å². The van der Waals surface area contributed by atoms with Gasteiger partial charge in [-0.05, 0) is 17.5 Å². The van der Waals surface area contributed by atoms with Crippen molar-refractivity contribution in [2.24, 2.45) is 0 Å². The summed E-state index contributed by atoms with van der Waals surface area (Å²) >= 11 is 0. The monoisotopic (exact) mass is 194 g/mol. The Hall–Kier alpha value is -0.900. The highest BCUT2D eigenvalue weighted by Gasteiger charge is 2.17. The van der Waals surface area contributed by atoms with Gasteiger partial charge < -0.3 is 14.6 Å². The lowest BCUT2D eigenvalue weighted by molar-refractivity contribution is 0.0466. The van der Waals surface area contributed by atoms with Gasteiger partial charge in [-0.1, -0.05) is 24.3 Å². The highest BCUT2D eigenvalue weighted by atomic mass is 16.7. The minimum absolute atomic E-state index is 0.0816. The topological polar surface area (TPSA) is 38.7 Å². The fourth-order valence-electron chi connectivity index (χ4n) is 1.55. The zero-order valence-electron chi connectivity index (χ0n) is 7.98. The highest BCUT2D eigenvalue weighted by Crippen LogP contribution is 2.22. The first-order valence-electron chi connectivity index (χ1n) is 4.79. The molecule has 0 aliphatic carbocycles. The lowest BCUT2D eigenvalue weighted by Crippen LogP contribution is -2.00. The largest absolute Gasteiger partial charge is 0.396 e. The Labute approximate surface area is 83.3 Å². The first-order chi connectivity index (χ1) is 6.90. The van der Waals surface area contributed by atoms with Crippen LogP contribution in [0.4, 0.5) is 0 Å². The first-order valence-corrected chi connectivity index (χ1v) is 4.79. The molecule has 0 bridgehead atoms. The van der Waals surface area contributed by atoms with Gasteiger partial charge in [0.15, 0.2) is 0 Å². The highest BCUT2D eigenvalue weighted by molar-refractivity contribution is 5.24. The maximum atomic E-state index is 8.76. The van der Waals surface area contributed by atoms with E-state index in [1.165, 1.54) is 0 Å². The summed E-state index contributed by atoms with van der Waals surface area (Å²) in [4.78, 5) is 0. The van der Waals surface area contributed by atoms with E-state index in [2.05, 4.69) is 0 Å². The number of rotatable bonds is 3. The van der Waals surface area contributed by atoms with Crippen LogP contribution in [0, 0.1) is 0 Å². The van der Waals surface area contributed by atoms with Crippen LogP contribution in [0.15, 0.2) is 24.3 Å². The SMILES string of the molecule is OCCc1ccc(C2COCO2)cc1. The van der Waals surface area contributed by atoms with E-state index in [0.717, 1.165) is 11.1 Å². The number of aliphatic hydroxyl groups is 1. The molecule has 1 atom stereocenters. The Morgan fingerprint density at radius 3 is 2.64 bits per heavy atom. The number of aliphatic hydroxyl groups excluding tert-OH is 1. The molecule has 0 saturated carbocycles. The molecule has 0 spiro atoms. The average molecular weight is 194 g/mol. The molecule has 1 N–H and O–H groups in total. The number of ether oxygens (including phenoxy) is 2. The van der Waals surface area contributed by atoms with Crippen molar-refractivity contribution < 1.29 is 14.6 Å². The second kappa shape index (κ2) is 4.55. The molecule has 1 aromatic carbocycles. The molecule has 1 unspecified atom stereocenters. The summed E-state index contributed by atoms with van der Waals surface area (Å²) in [6, 6.07) is 8.11. The molecule has 3 nitrogen and oxygen atoms in total. The van der Waals surface area contributed by atoms with E-state index in [0.29, 0.717) is 19.8 Å². The van der Waals surface area contributed by atoms with Gasteiger partial charge in [-0.15, -0.1) is 0 Å². The molecular weight excluding hydrogens is 180 g/mol. The van der Waals surface area contributed by atoms with Gasteiger partial charge in [0.2, 0.25) is 0 Å². The van der Waals surface area contributed by atoms with Crippen LogP contribution < -0.4 is 0 Å². The zero-order valence-corrected chi connectivity index (χ0v) is 7.98. The molecule has 14 heavy (non-hydrogen) atoms. The van der Waals surface area contributed by atoms with Crippen molar-refractivity contribution >= 4 is 0 Å². The van der Waals surface area contributed by atoms with Crippen molar-refractivity contribution in [2.75, 3.05) is 20.0 Å². The summed E-state index contributed by atoms with van der Waals surface area (Å²) in [6.45, 7) is 1.23. The normalized spacial score (nSPS) is 21.4. The van der Waals surface area contributed by atoms with Gasteiger partial charge >= 0.3 is 0 Å². The van der Waals surface area contributed by atoms with E-state index < -0.39 is 0 Å². The average Bonchev–Trinajstić information content (AvgIpc) is 2.72. The summed E-state index contributed by atoms with van der Waals surface area (Å²) in [5.41, 5.74) is 2.29. The van der Waals surface area contributed by atoms with E-state index in [1.54, 1.807) is 0 Å². The molecule has 0 aromatic heterocycles. The summed E-state index contributed by atoms with van der Waals surface area (Å²) < 4.78 is 10.5. The quantitative estimate of drug-likeness (QED) is 0.787. The fraction of sp³-hybridized carbons (Fsp3) is 0.455. The van der Waals surface area contributed by atoms with Gasteiger partial charge in [-0.2, -0.15) is 0 Å². The molecule has 3 heteroatoms. The lowest BCUT2D eigenvalue weighted by atomic mass is 10.1. The van der Waals surface area contributed by atoms with Crippen LogP contribution in [0.25, 0.3) is 0 Å². The Balaban J connectivity index is 2.05. The van der Waals surface area contributed by atoms with Crippen LogP contribution in [-0.4, -0.2) is 25.1 Å². The molecular formula is C11H14O3. The van der Waals surface area contributed by atoms with Crippen molar-refractivity contribution in [3.05, 3.63) is 35.4 Å². The van der Waals surface area contributed by atoms with E-state index >= 15 is 0 Å². The van der Waals surface area contributed by atoms with E-state index in [4.69, 9.17) is 14.6 Å². The van der Waals surface area contributed by atoms with Gasteiger partial charge in [0.05, 0.1) is 6.61 Å². The number of hydrogen-bond donors (Lipinski definition) is 1. The third kappa shape index (κ3) is 2.12. The Bertz CT molecular complexity index is 275. The van der Waals surface area contributed by atoms with Crippen molar-refractivity contribution in [1.29, 1.82) is 0 Å². The first kappa shape index (κ1) is 9.65. The number of benzene rings is 1. The second-order valence-corrected chi connectivity index (χ2v) is 3.36. The maximum absolute atomic E-state index is 8.76. The zero-order chi connectivity index (χ0) is 9.80. The molecule has 0 radical (unpaired) electrons. The van der Waals surface area contributed by atoms with Crippen molar-refractivity contribution in [1.82, 2.24) is 0 Å². The molecule has 0 amide bonds. The lowest BCUT2D eigenvalue weighted by Gasteiger charge is -2.08. The Kier molecular flexibility index (Phi) is 3.14. The molecule has 1 aliphatic heterocycles. The summed E-state index contributed by atoms with van der Waals surface area (Å²) in [5.74, 6) is 0. The van der Waals surface area contributed by atoms with Crippen LogP contribution in [0.3, 0.4) is 0 Å². The minimum Gasteiger partial charge on any atom is -0.396 e. The van der Waals surface area contributed by atoms with Crippen LogP contribution in [-0.2, 0) is 15.9 Å². The molecule has 76 valence electrons. The van der Waals surface area contributed by atoms with Crippen LogP contribution in [0.2, 0.25) is 0 Å². The molecule has 1 saturated heterocycles. The van der Waals surface area contributed by atoms with E-state index in [1.807, 2.05) is 24.3 Å². The predicted octanol–water partition coefficient (Wildman–Crippen LogP) is 1.27. The molecule has 2 rings (SSSR count). The predicted molar refractivity (Wildman–Crippen MR) is 51.9 cm³/mol. The van der Waals surface area contributed by atoms with Gasteiger partial charge in [-0.3, -0.25) is 0 Å². The minimum atomic E-state index is 0.0816. The van der Waals surface area contributed by atoms with E-state index in [-0.39, 0.29) is 12.7 Å². The maximum Gasteiger partial charge on any atom is 0.147 e. The third-order valence-electron chi connectivity index (χ3n) is 2.37. The molecule has 1 fully saturated rings. The van der Waals surface area contributed by atoms with E-state index in [9.17, 15) is 0 Å². The van der Waals surface area contributed by atoms with Crippen LogP contribution in [0.5, 0.6) is 0 Å². The van der Waals surface area contributed by atoms with Crippen LogP contribution in [0.1, 0.15) is 17.2 Å². The molecule has 1 aromatic rings.